The number of ether oxygens (including phenoxy) is 1. The van der Waals surface area contributed by atoms with Crippen LogP contribution in [0.2, 0.25) is 0 Å². The fraction of sp³-hybridized carbons (Fsp3) is 0.538. The number of fused-ring (bicyclic) bond motifs is 1. The molecule has 1 aromatic rings. The van der Waals surface area contributed by atoms with E-state index in [9.17, 15) is 4.79 Å². The van der Waals surface area contributed by atoms with E-state index in [1.54, 1.807) is 17.3 Å². The number of nitrogens with zero attached hydrogens (tertiary/aromatic N) is 2. The van der Waals surface area contributed by atoms with Gasteiger partial charge in [0.15, 0.2) is 0 Å². The van der Waals surface area contributed by atoms with E-state index in [1.807, 2.05) is 33.8 Å². The van der Waals surface area contributed by atoms with Crippen LogP contribution in [-0.2, 0) is 11.2 Å². The molecule has 1 aliphatic rings. The molecule has 0 radical (unpaired) electrons. The third kappa shape index (κ3) is 2.40. The Kier molecular flexibility index (Phi) is 2.81. The minimum atomic E-state index is -0.470. The van der Waals surface area contributed by atoms with Gasteiger partial charge in [-0.2, -0.15) is 0 Å². The molecule has 1 amide bonds. The van der Waals surface area contributed by atoms with Crippen LogP contribution >= 0.6 is 0 Å². The highest BCUT2D eigenvalue weighted by Crippen LogP contribution is 2.32. The van der Waals surface area contributed by atoms with Crippen LogP contribution in [0.5, 0.6) is 0 Å². The van der Waals surface area contributed by atoms with Crippen LogP contribution in [-0.4, -0.2) is 22.7 Å². The number of anilines is 1. The van der Waals surface area contributed by atoms with Gasteiger partial charge in [-0.05, 0) is 45.7 Å². The van der Waals surface area contributed by atoms with Crippen molar-refractivity contribution in [3.8, 4) is 0 Å². The Morgan fingerprint density at radius 3 is 2.88 bits per heavy atom. The maximum atomic E-state index is 12.1. The Morgan fingerprint density at radius 1 is 1.53 bits per heavy atom. The monoisotopic (exact) mass is 234 g/mol. The van der Waals surface area contributed by atoms with Crippen LogP contribution in [0.4, 0.5) is 10.5 Å². The van der Waals surface area contributed by atoms with Gasteiger partial charge in [-0.3, -0.25) is 9.88 Å². The summed E-state index contributed by atoms with van der Waals surface area (Å²) < 4.78 is 5.41. The Morgan fingerprint density at radius 2 is 2.24 bits per heavy atom. The maximum Gasteiger partial charge on any atom is 0.415 e. The molecule has 17 heavy (non-hydrogen) atoms. The second kappa shape index (κ2) is 4.02. The minimum absolute atomic E-state index is 0.129. The molecule has 2 rings (SSSR count). The van der Waals surface area contributed by atoms with Gasteiger partial charge < -0.3 is 4.74 Å². The predicted octanol–water partition coefficient (Wildman–Crippen LogP) is 2.77. The summed E-state index contributed by atoms with van der Waals surface area (Å²) in [5, 5.41) is 0. The highest BCUT2D eigenvalue weighted by molar-refractivity contribution is 5.91. The van der Waals surface area contributed by atoms with Crippen molar-refractivity contribution in [3.05, 3.63) is 24.0 Å². The molecule has 92 valence electrons. The van der Waals surface area contributed by atoms with Crippen LogP contribution in [0.25, 0.3) is 0 Å². The quantitative estimate of drug-likeness (QED) is 0.693. The second-order valence-corrected chi connectivity index (χ2v) is 5.41. The molecule has 4 heteroatoms. The average Bonchev–Trinajstić information content (AvgIpc) is 2.50. The lowest BCUT2D eigenvalue weighted by Gasteiger charge is -2.27. The van der Waals surface area contributed by atoms with Crippen molar-refractivity contribution >= 4 is 11.8 Å². The molecular formula is C13H18N2O2. The van der Waals surface area contributed by atoms with Gasteiger partial charge in [-0.1, -0.05) is 0 Å². The molecule has 0 aromatic carbocycles. The number of rotatable bonds is 0. The topological polar surface area (TPSA) is 42.4 Å². The van der Waals surface area contributed by atoms with Gasteiger partial charge in [0.1, 0.15) is 5.60 Å². The number of hydrogen-bond acceptors (Lipinski definition) is 3. The first-order valence-corrected chi connectivity index (χ1v) is 5.83. The average molecular weight is 234 g/mol. The third-order valence-electron chi connectivity index (χ3n) is 2.69. The Hall–Kier alpha value is -1.58. The summed E-state index contributed by atoms with van der Waals surface area (Å²) in [5.41, 5.74) is 1.55. The summed E-state index contributed by atoms with van der Waals surface area (Å²) in [6.45, 7) is 7.63. The van der Waals surface area contributed by atoms with Crippen molar-refractivity contribution in [2.45, 2.75) is 45.8 Å². The van der Waals surface area contributed by atoms with Crippen molar-refractivity contribution in [3.63, 3.8) is 0 Å². The summed E-state index contributed by atoms with van der Waals surface area (Å²) in [6.07, 6.45) is 4.04. The molecular weight excluding hydrogens is 216 g/mol. The summed E-state index contributed by atoms with van der Waals surface area (Å²) in [7, 11) is 0. The first kappa shape index (κ1) is 11.9. The van der Waals surface area contributed by atoms with E-state index in [4.69, 9.17) is 4.74 Å². The molecule has 0 N–H and O–H groups in total. The van der Waals surface area contributed by atoms with E-state index in [2.05, 4.69) is 4.98 Å². The summed E-state index contributed by atoms with van der Waals surface area (Å²) >= 11 is 0. The second-order valence-electron chi connectivity index (χ2n) is 5.41. The molecule has 1 atom stereocenters. The largest absolute Gasteiger partial charge is 0.443 e. The van der Waals surface area contributed by atoms with Crippen molar-refractivity contribution < 1.29 is 9.53 Å². The van der Waals surface area contributed by atoms with Crippen molar-refractivity contribution in [2.75, 3.05) is 4.90 Å². The van der Waals surface area contributed by atoms with Gasteiger partial charge in [0.2, 0.25) is 0 Å². The zero-order valence-electron chi connectivity index (χ0n) is 10.7. The Labute approximate surface area is 102 Å². The van der Waals surface area contributed by atoms with Crippen LogP contribution in [0, 0.1) is 0 Å². The predicted molar refractivity (Wildman–Crippen MR) is 66.1 cm³/mol. The summed E-state index contributed by atoms with van der Waals surface area (Å²) in [5.74, 6) is 0. The first-order valence-electron chi connectivity index (χ1n) is 5.83. The zero-order chi connectivity index (χ0) is 12.6. The molecule has 1 aliphatic heterocycles. The molecule has 1 aromatic heterocycles. The van der Waals surface area contributed by atoms with Crippen LogP contribution in [0.3, 0.4) is 0 Å². The normalized spacial score (nSPS) is 19.1. The number of carbonyl (C=O) groups is 1. The lowest BCUT2D eigenvalue weighted by atomic mass is 10.2. The Balaban J connectivity index is 2.25. The number of carbonyl (C=O) groups excluding carboxylic acids is 1. The van der Waals surface area contributed by atoms with E-state index in [0.717, 1.165) is 17.7 Å². The highest BCUT2D eigenvalue weighted by atomic mass is 16.6. The van der Waals surface area contributed by atoms with Gasteiger partial charge in [-0.25, -0.2) is 4.79 Å². The van der Waals surface area contributed by atoms with Crippen molar-refractivity contribution in [2.24, 2.45) is 0 Å². The highest BCUT2D eigenvalue weighted by Gasteiger charge is 2.33. The first-order chi connectivity index (χ1) is 7.88. The van der Waals surface area contributed by atoms with E-state index < -0.39 is 5.60 Å². The van der Waals surface area contributed by atoms with Crippen LogP contribution in [0.15, 0.2) is 18.5 Å². The van der Waals surface area contributed by atoms with E-state index in [-0.39, 0.29) is 12.1 Å². The lowest BCUT2D eigenvalue weighted by Crippen LogP contribution is -2.40. The lowest BCUT2D eigenvalue weighted by molar-refractivity contribution is 0.0572. The van der Waals surface area contributed by atoms with Gasteiger partial charge in [0.25, 0.3) is 0 Å². The minimum Gasteiger partial charge on any atom is -0.443 e. The SMILES string of the molecule is C[C@H]1Cc2ccncc2N1C(=O)OC(C)(C)C. The van der Waals surface area contributed by atoms with Crippen LogP contribution in [0.1, 0.15) is 33.3 Å². The molecule has 0 saturated heterocycles. The third-order valence-corrected chi connectivity index (χ3v) is 2.69. The van der Waals surface area contributed by atoms with Crippen LogP contribution < -0.4 is 4.90 Å². The zero-order valence-corrected chi connectivity index (χ0v) is 10.7. The Bertz CT molecular complexity index is 437. The molecule has 0 fully saturated rings. The summed E-state index contributed by atoms with van der Waals surface area (Å²) in [6, 6.07) is 2.08. The van der Waals surface area contributed by atoms with Crippen molar-refractivity contribution in [1.82, 2.24) is 4.98 Å². The summed E-state index contributed by atoms with van der Waals surface area (Å²) in [4.78, 5) is 17.9. The number of pyridine rings is 1. The molecule has 0 saturated carbocycles. The van der Waals surface area contributed by atoms with Gasteiger partial charge in [-0.15, -0.1) is 0 Å². The van der Waals surface area contributed by atoms with Crippen molar-refractivity contribution in [1.29, 1.82) is 0 Å². The number of amides is 1. The van der Waals surface area contributed by atoms with Gasteiger partial charge in [0, 0.05) is 12.2 Å². The molecule has 0 aliphatic carbocycles. The smallest absolute Gasteiger partial charge is 0.415 e. The van der Waals surface area contributed by atoms with E-state index >= 15 is 0 Å². The van der Waals surface area contributed by atoms with Gasteiger partial charge >= 0.3 is 6.09 Å². The number of aromatic nitrogens is 1. The van der Waals surface area contributed by atoms with Gasteiger partial charge in [0.05, 0.1) is 11.9 Å². The molecule has 0 bridgehead atoms. The molecule has 0 unspecified atom stereocenters. The fourth-order valence-electron chi connectivity index (χ4n) is 2.04. The van der Waals surface area contributed by atoms with E-state index in [1.165, 1.54) is 0 Å². The molecule has 4 nitrogen and oxygen atoms in total. The number of hydrogen-bond donors (Lipinski definition) is 0. The van der Waals surface area contributed by atoms with E-state index in [0.29, 0.717) is 0 Å². The molecule has 0 spiro atoms. The fourth-order valence-corrected chi connectivity index (χ4v) is 2.04. The standard InChI is InChI=1S/C13H18N2O2/c1-9-7-10-5-6-14-8-11(10)15(9)12(16)17-13(2,3)4/h5-6,8-9H,7H2,1-4H3/t9-/m0/s1. The molecule has 2 heterocycles. The maximum absolute atomic E-state index is 12.1.